The zero-order valence-electron chi connectivity index (χ0n) is 7.95. The summed E-state index contributed by atoms with van der Waals surface area (Å²) >= 11 is 4.80. The van der Waals surface area contributed by atoms with Crippen LogP contribution in [-0.4, -0.2) is 23.0 Å². The second-order valence-corrected chi connectivity index (χ2v) is 3.43. The summed E-state index contributed by atoms with van der Waals surface area (Å²) in [5, 5.41) is 2.72. The molecule has 1 aliphatic rings. The first-order valence-corrected chi connectivity index (χ1v) is 4.95. The van der Waals surface area contributed by atoms with Crippen molar-refractivity contribution < 1.29 is 9.59 Å². The Kier molecular flexibility index (Phi) is 3.88. The lowest BCUT2D eigenvalue weighted by molar-refractivity contribution is -0.122. The van der Waals surface area contributed by atoms with E-state index in [1.807, 2.05) is 6.92 Å². The van der Waals surface area contributed by atoms with Gasteiger partial charge in [0.25, 0.3) is 0 Å². The Bertz CT molecular complexity index is 299. The van der Waals surface area contributed by atoms with Gasteiger partial charge in [0.15, 0.2) is 5.11 Å². The Morgan fingerprint density at radius 3 is 2.93 bits per heavy atom. The van der Waals surface area contributed by atoms with E-state index in [0.29, 0.717) is 19.3 Å². The Morgan fingerprint density at radius 1 is 1.64 bits per heavy atom. The number of thiocarbonyl (C=S) groups is 1. The van der Waals surface area contributed by atoms with Crippen molar-refractivity contribution in [1.29, 1.82) is 0 Å². The summed E-state index contributed by atoms with van der Waals surface area (Å²) in [6.07, 6.45) is 2.40. The molecule has 4 nitrogen and oxygen atoms in total. The highest BCUT2D eigenvalue weighted by Gasteiger charge is 2.27. The molecule has 1 atom stereocenters. The molecule has 0 saturated heterocycles. The van der Waals surface area contributed by atoms with Crippen LogP contribution in [0.15, 0.2) is 4.99 Å². The SMILES string of the molecule is CCC1=NC(=S)NC(=O)C1CCC=O. The van der Waals surface area contributed by atoms with Gasteiger partial charge in [0.1, 0.15) is 6.29 Å². The van der Waals surface area contributed by atoms with Crippen molar-refractivity contribution in [2.24, 2.45) is 10.9 Å². The van der Waals surface area contributed by atoms with Gasteiger partial charge in [-0.05, 0) is 25.1 Å². The quantitative estimate of drug-likeness (QED) is 0.555. The van der Waals surface area contributed by atoms with Crippen LogP contribution in [0, 0.1) is 5.92 Å². The molecule has 0 fully saturated rings. The van der Waals surface area contributed by atoms with E-state index in [1.165, 1.54) is 0 Å². The first kappa shape index (κ1) is 11.0. The molecule has 1 heterocycles. The molecule has 1 rings (SSSR count). The summed E-state index contributed by atoms with van der Waals surface area (Å²) in [6.45, 7) is 1.92. The molecular formula is C9H12N2O2S. The van der Waals surface area contributed by atoms with E-state index >= 15 is 0 Å². The predicted molar refractivity (Wildman–Crippen MR) is 57.3 cm³/mol. The molecule has 76 valence electrons. The van der Waals surface area contributed by atoms with Crippen LogP contribution < -0.4 is 5.32 Å². The zero-order valence-corrected chi connectivity index (χ0v) is 8.76. The average molecular weight is 212 g/mol. The molecule has 0 saturated carbocycles. The molecule has 0 spiro atoms. The topological polar surface area (TPSA) is 58.5 Å². The maximum absolute atomic E-state index is 11.5. The molecule has 5 heteroatoms. The van der Waals surface area contributed by atoms with Crippen LogP contribution in [0.2, 0.25) is 0 Å². The monoisotopic (exact) mass is 212 g/mol. The minimum Gasteiger partial charge on any atom is -0.303 e. The Balaban J connectivity index is 2.78. The van der Waals surface area contributed by atoms with E-state index in [1.54, 1.807) is 0 Å². The molecular weight excluding hydrogens is 200 g/mol. The number of carbonyl (C=O) groups is 2. The maximum Gasteiger partial charge on any atom is 0.234 e. The fourth-order valence-electron chi connectivity index (χ4n) is 1.44. The molecule has 0 bridgehead atoms. The van der Waals surface area contributed by atoms with Crippen LogP contribution in [0.3, 0.4) is 0 Å². The Morgan fingerprint density at radius 2 is 2.36 bits per heavy atom. The standard InChI is InChI=1S/C9H12N2O2S/c1-2-7-6(4-3-5-12)8(13)11-9(14)10-7/h5-6H,2-4H2,1H3,(H,11,13,14). The van der Waals surface area contributed by atoms with Gasteiger partial charge in [0.05, 0.1) is 5.92 Å². The molecule has 0 aromatic carbocycles. The van der Waals surface area contributed by atoms with E-state index in [0.717, 1.165) is 12.0 Å². The van der Waals surface area contributed by atoms with Crippen LogP contribution in [0.25, 0.3) is 0 Å². The fourth-order valence-corrected chi connectivity index (χ4v) is 1.66. The summed E-state index contributed by atoms with van der Waals surface area (Å²) < 4.78 is 0. The number of carbonyl (C=O) groups excluding carboxylic acids is 2. The lowest BCUT2D eigenvalue weighted by Gasteiger charge is -2.21. The lowest BCUT2D eigenvalue weighted by atomic mass is 9.94. The van der Waals surface area contributed by atoms with Gasteiger partial charge in [-0.3, -0.25) is 4.79 Å². The number of hydrogen-bond acceptors (Lipinski definition) is 3. The van der Waals surface area contributed by atoms with Crippen molar-refractivity contribution in [3.63, 3.8) is 0 Å². The molecule has 0 radical (unpaired) electrons. The molecule has 1 unspecified atom stereocenters. The largest absolute Gasteiger partial charge is 0.303 e. The van der Waals surface area contributed by atoms with Crippen LogP contribution in [-0.2, 0) is 9.59 Å². The highest BCUT2D eigenvalue weighted by atomic mass is 32.1. The van der Waals surface area contributed by atoms with Gasteiger partial charge in [0, 0.05) is 12.1 Å². The van der Waals surface area contributed by atoms with Gasteiger partial charge in [-0.25, -0.2) is 4.99 Å². The number of nitrogens with one attached hydrogen (secondary N) is 1. The van der Waals surface area contributed by atoms with Crippen molar-refractivity contribution in [3.05, 3.63) is 0 Å². The van der Waals surface area contributed by atoms with Crippen LogP contribution in [0.4, 0.5) is 0 Å². The van der Waals surface area contributed by atoms with Gasteiger partial charge in [-0.1, -0.05) is 6.92 Å². The van der Waals surface area contributed by atoms with Gasteiger partial charge in [-0.15, -0.1) is 0 Å². The first-order chi connectivity index (χ1) is 6.69. The number of nitrogens with zero attached hydrogens (tertiary/aromatic N) is 1. The van der Waals surface area contributed by atoms with Gasteiger partial charge in [-0.2, -0.15) is 0 Å². The van der Waals surface area contributed by atoms with Crippen molar-refractivity contribution >= 4 is 35.2 Å². The van der Waals surface area contributed by atoms with Crippen LogP contribution in [0.5, 0.6) is 0 Å². The number of aliphatic imine (C=N–C) groups is 1. The van der Waals surface area contributed by atoms with Gasteiger partial charge in [0.2, 0.25) is 5.91 Å². The molecule has 14 heavy (non-hydrogen) atoms. The summed E-state index contributed by atoms with van der Waals surface area (Å²) in [5.41, 5.74) is 0.778. The fraction of sp³-hybridized carbons (Fsp3) is 0.556. The second-order valence-electron chi connectivity index (χ2n) is 3.05. The second kappa shape index (κ2) is 4.95. The highest BCUT2D eigenvalue weighted by Crippen LogP contribution is 2.14. The molecule has 0 aliphatic carbocycles. The number of hydrogen-bond donors (Lipinski definition) is 1. The minimum absolute atomic E-state index is 0.135. The minimum atomic E-state index is -0.281. The average Bonchev–Trinajstić information content (AvgIpc) is 2.15. The lowest BCUT2D eigenvalue weighted by Crippen LogP contribution is -2.42. The summed E-state index contributed by atoms with van der Waals surface area (Å²) in [7, 11) is 0. The van der Waals surface area contributed by atoms with E-state index in [2.05, 4.69) is 10.3 Å². The van der Waals surface area contributed by atoms with E-state index in [4.69, 9.17) is 12.2 Å². The van der Waals surface area contributed by atoms with Crippen LogP contribution >= 0.6 is 12.2 Å². The Hall–Kier alpha value is -1.10. The zero-order chi connectivity index (χ0) is 10.6. The predicted octanol–water partition coefficient (Wildman–Crippen LogP) is 0.847. The normalized spacial score (nSPS) is 21.5. The number of amides is 1. The third-order valence-electron chi connectivity index (χ3n) is 2.13. The third-order valence-corrected chi connectivity index (χ3v) is 2.32. The van der Waals surface area contributed by atoms with Crippen molar-refractivity contribution in [2.75, 3.05) is 0 Å². The maximum atomic E-state index is 11.5. The smallest absolute Gasteiger partial charge is 0.234 e. The third kappa shape index (κ3) is 2.45. The summed E-state index contributed by atoms with van der Waals surface area (Å²) in [4.78, 5) is 25.8. The first-order valence-electron chi connectivity index (χ1n) is 4.55. The number of aldehydes is 1. The molecule has 1 aliphatic heterocycles. The van der Waals surface area contributed by atoms with Crippen molar-refractivity contribution in [1.82, 2.24) is 5.32 Å². The molecule has 1 N–H and O–H groups in total. The molecule has 0 aromatic heterocycles. The summed E-state index contributed by atoms with van der Waals surface area (Å²) in [5.74, 6) is -0.416. The number of rotatable bonds is 4. The molecule has 1 amide bonds. The van der Waals surface area contributed by atoms with Gasteiger partial charge >= 0.3 is 0 Å². The van der Waals surface area contributed by atoms with Crippen LogP contribution in [0.1, 0.15) is 26.2 Å². The van der Waals surface area contributed by atoms with E-state index in [-0.39, 0.29) is 16.9 Å². The van der Waals surface area contributed by atoms with E-state index in [9.17, 15) is 9.59 Å². The molecule has 0 aromatic rings. The van der Waals surface area contributed by atoms with E-state index < -0.39 is 0 Å². The van der Waals surface area contributed by atoms with Crippen molar-refractivity contribution in [2.45, 2.75) is 26.2 Å². The van der Waals surface area contributed by atoms with Crippen molar-refractivity contribution in [3.8, 4) is 0 Å². The van der Waals surface area contributed by atoms with Gasteiger partial charge < -0.3 is 10.1 Å². The highest BCUT2D eigenvalue weighted by molar-refractivity contribution is 7.80. The Labute approximate surface area is 87.8 Å². The summed E-state index contributed by atoms with van der Waals surface area (Å²) in [6, 6.07) is 0.